The second-order valence-corrected chi connectivity index (χ2v) is 5.70. The first-order chi connectivity index (χ1) is 9.99. The summed E-state index contributed by atoms with van der Waals surface area (Å²) in [5.41, 5.74) is -0.413. The molecule has 1 fully saturated rings. The molecule has 1 aliphatic carbocycles. The van der Waals surface area contributed by atoms with Gasteiger partial charge in [0.1, 0.15) is 10.6 Å². The summed E-state index contributed by atoms with van der Waals surface area (Å²) in [4.78, 5) is 22.5. The quantitative estimate of drug-likeness (QED) is 0.660. The van der Waals surface area contributed by atoms with E-state index in [2.05, 4.69) is 5.32 Å². The van der Waals surface area contributed by atoms with Crippen molar-refractivity contribution >= 4 is 23.2 Å². The van der Waals surface area contributed by atoms with Crippen LogP contribution < -0.4 is 5.32 Å². The summed E-state index contributed by atoms with van der Waals surface area (Å²) >= 11 is 5.78. The third-order valence-corrected chi connectivity index (χ3v) is 4.03. The SMILES string of the molecule is O=C(NCC1CCCC(O)C1)c1cccc(Cl)c1[N+](=O)[O-]. The van der Waals surface area contributed by atoms with Crippen molar-refractivity contribution in [2.75, 3.05) is 6.54 Å². The fraction of sp³-hybridized carbons (Fsp3) is 0.500. The Morgan fingerprint density at radius 1 is 1.48 bits per heavy atom. The number of rotatable bonds is 4. The Kier molecular flexibility index (Phi) is 5.14. The van der Waals surface area contributed by atoms with Gasteiger partial charge in [0, 0.05) is 6.54 Å². The largest absolute Gasteiger partial charge is 0.393 e. The number of carbonyl (C=O) groups excluding carboxylic acids is 1. The second kappa shape index (κ2) is 6.87. The Hall–Kier alpha value is -1.66. The Morgan fingerprint density at radius 3 is 2.90 bits per heavy atom. The molecule has 1 aromatic carbocycles. The van der Waals surface area contributed by atoms with Crippen LogP contribution in [0.25, 0.3) is 0 Å². The van der Waals surface area contributed by atoms with Crippen LogP contribution in [0.1, 0.15) is 36.0 Å². The number of hydrogen-bond donors (Lipinski definition) is 2. The molecule has 114 valence electrons. The maximum Gasteiger partial charge on any atom is 0.300 e. The van der Waals surface area contributed by atoms with Crippen molar-refractivity contribution < 1.29 is 14.8 Å². The third-order valence-electron chi connectivity index (χ3n) is 3.72. The van der Waals surface area contributed by atoms with Crippen LogP contribution >= 0.6 is 11.6 Å². The summed E-state index contributed by atoms with van der Waals surface area (Å²) in [5, 5.41) is 23.2. The van der Waals surface area contributed by atoms with Crippen LogP contribution in [0, 0.1) is 16.0 Å². The summed E-state index contributed by atoms with van der Waals surface area (Å²) in [7, 11) is 0. The van der Waals surface area contributed by atoms with E-state index in [0.29, 0.717) is 13.0 Å². The zero-order valence-electron chi connectivity index (χ0n) is 11.4. The minimum absolute atomic E-state index is 0.0381. The molecular formula is C14H17ClN2O4. The summed E-state index contributed by atoms with van der Waals surface area (Å²) < 4.78 is 0. The maximum atomic E-state index is 12.1. The number of halogens is 1. The first-order valence-corrected chi connectivity index (χ1v) is 7.26. The van der Waals surface area contributed by atoms with Crippen LogP contribution in [0.2, 0.25) is 5.02 Å². The highest BCUT2D eigenvalue weighted by molar-refractivity contribution is 6.33. The third kappa shape index (κ3) is 3.92. The van der Waals surface area contributed by atoms with Gasteiger partial charge in [-0.1, -0.05) is 24.1 Å². The van der Waals surface area contributed by atoms with E-state index in [-0.39, 0.29) is 28.3 Å². The molecule has 0 aromatic heterocycles. The van der Waals surface area contributed by atoms with Crippen LogP contribution in [0.15, 0.2) is 18.2 Å². The topological polar surface area (TPSA) is 92.5 Å². The molecule has 0 radical (unpaired) electrons. The lowest BCUT2D eigenvalue weighted by Crippen LogP contribution is -2.33. The molecule has 0 heterocycles. The Morgan fingerprint density at radius 2 is 2.24 bits per heavy atom. The average Bonchev–Trinajstić information content (AvgIpc) is 2.44. The Bertz CT molecular complexity index is 550. The summed E-state index contributed by atoms with van der Waals surface area (Å²) in [6.07, 6.45) is 3.00. The number of nitro benzene ring substituents is 1. The van der Waals surface area contributed by atoms with Crippen molar-refractivity contribution in [1.82, 2.24) is 5.32 Å². The standard InChI is InChI=1S/C14H17ClN2O4/c15-12-6-2-5-11(13(12)17(20)21)14(19)16-8-9-3-1-4-10(18)7-9/h2,5-6,9-10,18H,1,3-4,7-8H2,(H,16,19). The molecule has 6 nitrogen and oxygen atoms in total. The van der Waals surface area contributed by atoms with Crippen molar-refractivity contribution in [3.8, 4) is 0 Å². The fourth-order valence-corrected chi connectivity index (χ4v) is 2.91. The molecule has 0 spiro atoms. The summed E-state index contributed by atoms with van der Waals surface area (Å²) in [5.74, 6) is -0.305. The molecule has 2 rings (SSSR count). The van der Waals surface area contributed by atoms with E-state index in [9.17, 15) is 20.0 Å². The molecular weight excluding hydrogens is 296 g/mol. The van der Waals surface area contributed by atoms with Gasteiger partial charge in [0.25, 0.3) is 5.91 Å². The highest BCUT2D eigenvalue weighted by atomic mass is 35.5. The second-order valence-electron chi connectivity index (χ2n) is 5.29. The van der Waals surface area contributed by atoms with Crippen molar-refractivity contribution in [1.29, 1.82) is 0 Å². The highest BCUT2D eigenvalue weighted by Crippen LogP contribution is 2.28. The van der Waals surface area contributed by atoms with Gasteiger partial charge in [-0.15, -0.1) is 0 Å². The van der Waals surface area contributed by atoms with Crippen LogP contribution in [-0.2, 0) is 0 Å². The number of amides is 1. The molecule has 1 aromatic rings. The monoisotopic (exact) mass is 312 g/mol. The predicted molar refractivity (Wildman–Crippen MR) is 78.4 cm³/mol. The number of aliphatic hydroxyl groups excluding tert-OH is 1. The number of hydrogen-bond acceptors (Lipinski definition) is 4. The van der Waals surface area contributed by atoms with Crippen LogP contribution in [0.4, 0.5) is 5.69 Å². The molecule has 2 N–H and O–H groups in total. The average molecular weight is 313 g/mol. The minimum atomic E-state index is -0.651. The molecule has 0 saturated heterocycles. The number of para-hydroxylation sites is 1. The van der Waals surface area contributed by atoms with Gasteiger partial charge in [-0.2, -0.15) is 0 Å². The molecule has 21 heavy (non-hydrogen) atoms. The van der Waals surface area contributed by atoms with Crippen LogP contribution in [0.5, 0.6) is 0 Å². The van der Waals surface area contributed by atoms with E-state index >= 15 is 0 Å². The first kappa shape index (κ1) is 15.7. The summed E-state index contributed by atoms with van der Waals surface area (Å²) in [6.45, 7) is 0.402. The lowest BCUT2D eigenvalue weighted by molar-refractivity contribution is -0.385. The normalized spacial score (nSPS) is 21.8. The van der Waals surface area contributed by atoms with Gasteiger partial charge in [-0.05, 0) is 37.3 Å². The Balaban J connectivity index is 2.04. The van der Waals surface area contributed by atoms with Gasteiger partial charge in [0.15, 0.2) is 0 Å². The first-order valence-electron chi connectivity index (χ1n) is 6.88. The van der Waals surface area contributed by atoms with Gasteiger partial charge in [0.05, 0.1) is 11.0 Å². The van der Waals surface area contributed by atoms with Gasteiger partial charge in [-0.25, -0.2) is 0 Å². The molecule has 2 atom stereocenters. The molecule has 0 bridgehead atoms. The van der Waals surface area contributed by atoms with E-state index in [1.807, 2.05) is 0 Å². The molecule has 2 unspecified atom stereocenters. The van der Waals surface area contributed by atoms with Gasteiger partial charge < -0.3 is 10.4 Å². The van der Waals surface area contributed by atoms with Crippen molar-refractivity contribution in [2.24, 2.45) is 5.92 Å². The molecule has 0 aliphatic heterocycles. The zero-order chi connectivity index (χ0) is 15.4. The minimum Gasteiger partial charge on any atom is -0.393 e. The number of benzene rings is 1. The van der Waals surface area contributed by atoms with E-state index in [1.165, 1.54) is 18.2 Å². The number of carbonyl (C=O) groups is 1. The van der Waals surface area contributed by atoms with Crippen molar-refractivity contribution in [2.45, 2.75) is 31.8 Å². The molecule has 1 saturated carbocycles. The van der Waals surface area contributed by atoms with Gasteiger partial charge in [-0.3, -0.25) is 14.9 Å². The number of aliphatic hydroxyl groups is 1. The summed E-state index contributed by atoms with van der Waals surface area (Å²) in [6, 6.07) is 4.28. The van der Waals surface area contributed by atoms with E-state index in [1.54, 1.807) is 0 Å². The smallest absolute Gasteiger partial charge is 0.300 e. The molecule has 1 aliphatic rings. The molecule has 7 heteroatoms. The Labute approximate surface area is 127 Å². The number of nitrogens with zero attached hydrogens (tertiary/aromatic N) is 1. The highest BCUT2D eigenvalue weighted by Gasteiger charge is 2.25. The number of nitro groups is 1. The maximum absolute atomic E-state index is 12.1. The van der Waals surface area contributed by atoms with Crippen molar-refractivity contribution in [3.05, 3.63) is 38.9 Å². The van der Waals surface area contributed by atoms with Gasteiger partial charge >= 0.3 is 5.69 Å². The van der Waals surface area contributed by atoms with E-state index in [0.717, 1.165) is 19.3 Å². The number of nitrogens with one attached hydrogen (secondary N) is 1. The predicted octanol–water partition coefficient (Wildman–Crippen LogP) is 2.53. The fourth-order valence-electron chi connectivity index (χ4n) is 2.66. The van der Waals surface area contributed by atoms with Crippen LogP contribution in [-0.4, -0.2) is 28.6 Å². The van der Waals surface area contributed by atoms with Crippen LogP contribution in [0.3, 0.4) is 0 Å². The van der Waals surface area contributed by atoms with Crippen molar-refractivity contribution in [3.63, 3.8) is 0 Å². The van der Waals surface area contributed by atoms with E-state index < -0.39 is 10.8 Å². The lowest BCUT2D eigenvalue weighted by atomic mass is 9.87. The molecule has 1 amide bonds. The lowest BCUT2D eigenvalue weighted by Gasteiger charge is -2.25. The van der Waals surface area contributed by atoms with E-state index in [4.69, 9.17) is 11.6 Å². The zero-order valence-corrected chi connectivity index (χ0v) is 12.2. The van der Waals surface area contributed by atoms with Gasteiger partial charge in [0.2, 0.25) is 0 Å².